The van der Waals surface area contributed by atoms with Crippen LogP contribution in [-0.2, 0) is 4.79 Å². The van der Waals surface area contributed by atoms with E-state index in [2.05, 4.69) is 24.4 Å². The van der Waals surface area contributed by atoms with Gasteiger partial charge in [0.1, 0.15) is 0 Å². The number of unbranched alkanes of at least 4 members (excludes halogenated alkanes) is 12. The first-order valence-corrected chi connectivity index (χ1v) is 9.83. The Balaban J connectivity index is 0. The summed E-state index contributed by atoms with van der Waals surface area (Å²) in [6.07, 6.45) is 22.9. The first-order valence-electron chi connectivity index (χ1n) is 9.83. The van der Waals surface area contributed by atoms with Crippen LogP contribution in [0.1, 0.15) is 96.8 Å². The van der Waals surface area contributed by atoms with Crippen molar-refractivity contribution in [2.45, 2.75) is 96.8 Å². The van der Waals surface area contributed by atoms with Crippen molar-refractivity contribution in [3.05, 3.63) is 12.2 Å². The van der Waals surface area contributed by atoms with E-state index in [1.807, 2.05) is 0 Å². The molecule has 0 bridgehead atoms. The van der Waals surface area contributed by atoms with Crippen LogP contribution < -0.4 is 61.8 Å². The standard InChI is InChI=1S/C20H39NO2.K/c1-2-3-4-5-6-7-8-9-10-11-12-13-14-15-16-17-18-21-19-20(22)23;/h9-10,21H,2-8,11-19H2,1H3,(H,22,23);/q;+1/p-1/b10-9-;. The number of aliphatic carboxylic acids is 1. The molecule has 0 aliphatic rings. The molecule has 24 heavy (non-hydrogen) atoms. The molecule has 0 spiro atoms. The summed E-state index contributed by atoms with van der Waals surface area (Å²) in [5.41, 5.74) is 0. The topological polar surface area (TPSA) is 52.2 Å². The van der Waals surface area contributed by atoms with E-state index in [1.165, 1.54) is 83.5 Å². The van der Waals surface area contributed by atoms with Crippen LogP contribution in [0.3, 0.4) is 0 Å². The Labute approximate surface area is 192 Å². The molecule has 0 saturated carbocycles. The van der Waals surface area contributed by atoms with E-state index >= 15 is 0 Å². The molecule has 0 aromatic carbocycles. The summed E-state index contributed by atoms with van der Waals surface area (Å²) in [5, 5.41) is 13.1. The van der Waals surface area contributed by atoms with Crippen molar-refractivity contribution in [3.63, 3.8) is 0 Å². The third-order valence-electron chi connectivity index (χ3n) is 4.13. The van der Waals surface area contributed by atoms with Gasteiger partial charge in [0.15, 0.2) is 0 Å². The van der Waals surface area contributed by atoms with Crippen molar-refractivity contribution in [2.24, 2.45) is 0 Å². The van der Waals surface area contributed by atoms with Crippen molar-refractivity contribution in [1.82, 2.24) is 5.32 Å². The monoisotopic (exact) mass is 363 g/mol. The van der Waals surface area contributed by atoms with Crippen molar-refractivity contribution in [1.29, 1.82) is 0 Å². The molecule has 136 valence electrons. The fourth-order valence-corrected chi connectivity index (χ4v) is 2.69. The Hall–Kier alpha value is 0.806. The Morgan fingerprint density at radius 1 is 0.792 bits per heavy atom. The summed E-state index contributed by atoms with van der Waals surface area (Å²) in [7, 11) is 0. The summed E-state index contributed by atoms with van der Waals surface area (Å²) in [5.74, 6) is -1.02. The van der Waals surface area contributed by atoms with Crippen LogP contribution in [0.5, 0.6) is 0 Å². The minimum atomic E-state index is -1.02. The number of hydrogen-bond donors (Lipinski definition) is 1. The molecule has 0 saturated heterocycles. The third kappa shape index (κ3) is 25.1. The van der Waals surface area contributed by atoms with E-state index in [0.29, 0.717) is 0 Å². The van der Waals surface area contributed by atoms with Crippen LogP contribution in [0.4, 0.5) is 0 Å². The van der Waals surface area contributed by atoms with Crippen LogP contribution in [0, 0.1) is 0 Å². The fraction of sp³-hybridized carbons (Fsp3) is 0.850. The first kappa shape index (κ1) is 27.0. The van der Waals surface area contributed by atoms with Crippen LogP contribution in [-0.4, -0.2) is 19.1 Å². The number of hydrogen-bond acceptors (Lipinski definition) is 3. The molecule has 0 radical (unpaired) electrons. The van der Waals surface area contributed by atoms with Crippen LogP contribution >= 0.6 is 0 Å². The average molecular weight is 364 g/mol. The van der Waals surface area contributed by atoms with Gasteiger partial charge >= 0.3 is 51.4 Å². The quantitative estimate of drug-likeness (QED) is 0.227. The van der Waals surface area contributed by atoms with E-state index < -0.39 is 5.97 Å². The maximum Gasteiger partial charge on any atom is 1.00 e. The number of carbonyl (C=O) groups is 1. The van der Waals surface area contributed by atoms with Crippen molar-refractivity contribution >= 4 is 5.97 Å². The molecule has 4 heteroatoms. The predicted octanol–water partition coefficient (Wildman–Crippen LogP) is 1.37. The molecular weight excluding hydrogens is 325 g/mol. The summed E-state index contributed by atoms with van der Waals surface area (Å²) >= 11 is 0. The van der Waals surface area contributed by atoms with Gasteiger partial charge in [-0.1, -0.05) is 76.9 Å². The molecule has 3 nitrogen and oxygen atoms in total. The van der Waals surface area contributed by atoms with Gasteiger partial charge < -0.3 is 15.2 Å². The second-order valence-corrected chi connectivity index (χ2v) is 6.49. The van der Waals surface area contributed by atoms with Gasteiger partial charge in [-0.25, -0.2) is 0 Å². The van der Waals surface area contributed by atoms with Gasteiger partial charge in [-0.15, -0.1) is 0 Å². The van der Waals surface area contributed by atoms with E-state index in [9.17, 15) is 9.90 Å². The molecule has 0 aliphatic heterocycles. The van der Waals surface area contributed by atoms with Crippen LogP contribution in [0.25, 0.3) is 0 Å². The molecule has 0 aromatic heterocycles. The number of allylic oxidation sites excluding steroid dienone is 2. The molecule has 1 N–H and O–H groups in total. The second kappa shape index (κ2) is 23.8. The average Bonchev–Trinajstić information content (AvgIpc) is 2.53. The number of carboxylic acid groups (broad SMARTS) is 1. The van der Waals surface area contributed by atoms with Gasteiger partial charge in [0.2, 0.25) is 0 Å². The molecule has 0 amide bonds. The van der Waals surface area contributed by atoms with E-state index in [4.69, 9.17) is 0 Å². The Bertz CT molecular complexity index is 283. The van der Waals surface area contributed by atoms with Crippen molar-refractivity contribution < 1.29 is 61.3 Å². The SMILES string of the molecule is CCCCCCCC/C=C\CCCCCCCCNCC(=O)[O-].[K+]. The van der Waals surface area contributed by atoms with Crippen molar-refractivity contribution in [3.8, 4) is 0 Å². The largest absolute Gasteiger partial charge is 1.00 e. The Morgan fingerprint density at radius 3 is 1.75 bits per heavy atom. The molecule has 0 fully saturated rings. The summed E-state index contributed by atoms with van der Waals surface area (Å²) in [4.78, 5) is 10.2. The van der Waals surface area contributed by atoms with Gasteiger partial charge in [0.05, 0.1) is 5.97 Å². The molecule has 0 aromatic rings. The van der Waals surface area contributed by atoms with Crippen molar-refractivity contribution in [2.75, 3.05) is 13.1 Å². The molecule has 0 atom stereocenters. The minimum Gasteiger partial charge on any atom is -0.549 e. The molecule has 0 aliphatic carbocycles. The zero-order valence-electron chi connectivity index (χ0n) is 16.3. The van der Waals surface area contributed by atoms with Gasteiger partial charge in [0.25, 0.3) is 0 Å². The smallest absolute Gasteiger partial charge is 0.549 e. The van der Waals surface area contributed by atoms with Gasteiger partial charge in [-0.3, -0.25) is 0 Å². The molecule has 0 heterocycles. The van der Waals surface area contributed by atoms with E-state index in [-0.39, 0.29) is 57.9 Å². The van der Waals surface area contributed by atoms with Crippen LogP contribution in [0.2, 0.25) is 0 Å². The van der Waals surface area contributed by atoms with Gasteiger partial charge in [-0.2, -0.15) is 0 Å². The molecule has 0 unspecified atom stereocenters. The normalized spacial score (nSPS) is 10.9. The summed E-state index contributed by atoms with van der Waals surface area (Å²) in [6.45, 7) is 3.03. The fourth-order valence-electron chi connectivity index (χ4n) is 2.69. The number of carbonyl (C=O) groups excluding carboxylic acids is 1. The molecule has 0 rings (SSSR count). The Kier molecular flexibility index (Phi) is 26.8. The first-order chi connectivity index (χ1) is 11.3. The zero-order chi connectivity index (χ0) is 17.0. The Morgan fingerprint density at radius 2 is 1.25 bits per heavy atom. The zero-order valence-corrected chi connectivity index (χ0v) is 19.4. The predicted molar refractivity (Wildman–Crippen MR) is 97.3 cm³/mol. The maximum atomic E-state index is 10.2. The molecular formula is C20H38KNO2. The third-order valence-corrected chi connectivity index (χ3v) is 4.13. The summed E-state index contributed by atoms with van der Waals surface area (Å²) < 4.78 is 0. The minimum absolute atomic E-state index is 0. The number of rotatable bonds is 18. The summed E-state index contributed by atoms with van der Waals surface area (Å²) in [6, 6.07) is 0. The second-order valence-electron chi connectivity index (χ2n) is 6.49. The van der Waals surface area contributed by atoms with E-state index in [1.54, 1.807) is 0 Å². The van der Waals surface area contributed by atoms with Gasteiger partial charge in [-0.05, 0) is 38.6 Å². The van der Waals surface area contributed by atoms with E-state index in [0.717, 1.165) is 13.0 Å². The van der Waals surface area contributed by atoms with Gasteiger partial charge in [0, 0.05) is 6.54 Å². The maximum absolute atomic E-state index is 10.2. The number of nitrogens with one attached hydrogen (secondary N) is 1. The van der Waals surface area contributed by atoms with Crippen LogP contribution in [0.15, 0.2) is 12.2 Å². The number of carboxylic acids is 1.